The number of carbonyl (C=O) groups is 2. The lowest BCUT2D eigenvalue weighted by Crippen LogP contribution is -2.22. The van der Waals surface area contributed by atoms with Gasteiger partial charge in [0.15, 0.2) is 6.61 Å². The summed E-state index contributed by atoms with van der Waals surface area (Å²) < 4.78 is 10.6. The Morgan fingerprint density at radius 2 is 1.73 bits per heavy atom. The van der Waals surface area contributed by atoms with Crippen LogP contribution in [0.15, 0.2) is 34.9 Å². The number of carbonyl (C=O) groups excluding carboxylic acids is 2. The lowest BCUT2D eigenvalue weighted by molar-refractivity contribution is -0.384. The number of furan rings is 1. The third-order valence-corrected chi connectivity index (χ3v) is 5.22. The van der Waals surface area contributed by atoms with Gasteiger partial charge in [0.05, 0.1) is 17.6 Å². The normalized spacial score (nSPS) is 10.8. The van der Waals surface area contributed by atoms with Crippen LogP contribution in [0, 0.1) is 37.8 Å². The molecule has 0 unspecified atom stereocenters. The highest BCUT2D eigenvalue weighted by Crippen LogP contribution is 2.30. The molecule has 0 spiro atoms. The molecule has 1 amide bonds. The second-order valence-corrected chi connectivity index (χ2v) is 7.19. The van der Waals surface area contributed by atoms with Gasteiger partial charge >= 0.3 is 5.97 Å². The molecule has 0 bridgehead atoms. The number of nitrogens with one attached hydrogen (secondary N) is 1. The number of ether oxygens (including phenoxy) is 1. The van der Waals surface area contributed by atoms with E-state index in [9.17, 15) is 19.7 Å². The van der Waals surface area contributed by atoms with E-state index in [1.165, 1.54) is 12.3 Å². The Bertz CT molecular complexity index is 1160. The Hall–Kier alpha value is -3.68. The van der Waals surface area contributed by atoms with Gasteiger partial charge in [-0.3, -0.25) is 19.7 Å². The number of benzene rings is 2. The number of hydrogen-bond acceptors (Lipinski definition) is 6. The molecule has 3 aromatic rings. The van der Waals surface area contributed by atoms with Crippen molar-refractivity contribution in [1.29, 1.82) is 0 Å². The molecule has 0 atom stereocenters. The lowest BCUT2D eigenvalue weighted by Gasteiger charge is -2.11. The summed E-state index contributed by atoms with van der Waals surface area (Å²) in [5.74, 6) is -1.25. The number of amides is 1. The average Bonchev–Trinajstić information content (AvgIpc) is 3.10. The molecule has 8 nitrogen and oxygen atoms in total. The Balaban J connectivity index is 1.65. The quantitative estimate of drug-likeness (QED) is 0.368. The summed E-state index contributed by atoms with van der Waals surface area (Å²) in [4.78, 5) is 35.1. The Morgan fingerprint density at radius 1 is 1.07 bits per heavy atom. The van der Waals surface area contributed by atoms with Crippen LogP contribution in [0.25, 0.3) is 11.0 Å². The van der Waals surface area contributed by atoms with Crippen LogP contribution in [0.3, 0.4) is 0 Å². The van der Waals surface area contributed by atoms with Gasteiger partial charge in [-0.25, -0.2) is 0 Å². The molecule has 0 saturated heterocycles. The number of esters is 1. The molecule has 156 valence electrons. The Kier molecular flexibility index (Phi) is 5.86. The van der Waals surface area contributed by atoms with Gasteiger partial charge in [-0.15, -0.1) is 0 Å². The third kappa shape index (κ3) is 4.17. The summed E-state index contributed by atoms with van der Waals surface area (Å²) in [6.45, 7) is 6.84. The molecule has 0 saturated carbocycles. The van der Waals surface area contributed by atoms with Crippen molar-refractivity contribution < 1.29 is 23.7 Å². The van der Waals surface area contributed by atoms with Gasteiger partial charge in [-0.1, -0.05) is 18.2 Å². The van der Waals surface area contributed by atoms with Crippen molar-refractivity contribution in [2.45, 2.75) is 34.1 Å². The molecular formula is C22H22N2O6. The number of nitro benzene ring substituents is 1. The zero-order valence-electron chi connectivity index (χ0n) is 17.2. The van der Waals surface area contributed by atoms with Crippen molar-refractivity contribution in [3.05, 3.63) is 68.5 Å². The summed E-state index contributed by atoms with van der Waals surface area (Å²) in [6.07, 6.45) is 1.46. The van der Waals surface area contributed by atoms with E-state index in [2.05, 4.69) is 5.32 Å². The predicted octanol–water partition coefficient (Wildman–Crippen LogP) is 4.30. The van der Waals surface area contributed by atoms with Gasteiger partial charge < -0.3 is 14.5 Å². The van der Waals surface area contributed by atoms with Crippen molar-refractivity contribution in [2.75, 3.05) is 11.9 Å². The number of anilines is 1. The van der Waals surface area contributed by atoms with Crippen LogP contribution in [0.5, 0.6) is 0 Å². The van der Waals surface area contributed by atoms with Crippen LogP contribution in [0.2, 0.25) is 0 Å². The molecule has 30 heavy (non-hydrogen) atoms. The van der Waals surface area contributed by atoms with Crippen molar-refractivity contribution >= 4 is 34.2 Å². The van der Waals surface area contributed by atoms with Crippen LogP contribution < -0.4 is 5.32 Å². The monoisotopic (exact) mass is 410 g/mol. The maximum Gasteiger partial charge on any atom is 0.310 e. The highest BCUT2D eigenvalue weighted by Gasteiger charge is 2.20. The van der Waals surface area contributed by atoms with Gasteiger partial charge in [0, 0.05) is 17.0 Å². The Labute approximate surface area is 173 Å². The molecule has 0 aliphatic carbocycles. The van der Waals surface area contributed by atoms with Crippen LogP contribution in [0.4, 0.5) is 11.4 Å². The zero-order chi connectivity index (χ0) is 22.0. The maximum atomic E-state index is 12.2. The fourth-order valence-corrected chi connectivity index (χ4v) is 3.16. The van der Waals surface area contributed by atoms with E-state index in [-0.39, 0.29) is 17.8 Å². The van der Waals surface area contributed by atoms with E-state index < -0.39 is 23.4 Å². The van der Waals surface area contributed by atoms with E-state index in [0.29, 0.717) is 11.1 Å². The van der Waals surface area contributed by atoms with Gasteiger partial charge in [-0.2, -0.15) is 0 Å². The molecule has 3 rings (SSSR count). The zero-order valence-corrected chi connectivity index (χ0v) is 17.2. The molecule has 1 aromatic heterocycles. The number of nitrogens with zero attached hydrogens (tertiary/aromatic N) is 1. The van der Waals surface area contributed by atoms with E-state index >= 15 is 0 Å². The van der Waals surface area contributed by atoms with Crippen LogP contribution >= 0.6 is 0 Å². The summed E-state index contributed by atoms with van der Waals surface area (Å²) in [5, 5.41) is 14.5. The number of hydrogen-bond donors (Lipinski definition) is 1. The van der Waals surface area contributed by atoms with Crippen molar-refractivity contribution in [3.63, 3.8) is 0 Å². The van der Waals surface area contributed by atoms with E-state index in [1.807, 2.05) is 26.0 Å². The first-order chi connectivity index (χ1) is 14.2. The van der Waals surface area contributed by atoms with Crippen molar-refractivity contribution in [3.8, 4) is 0 Å². The van der Waals surface area contributed by atoms with Gasteiger partial charge in [-0.05, 0) is 49.9 Å². The fraction of sp³-hybridized carbons (Fsp3) is 0.273. The maximum absolute atomic E-state index is 12.2. The van der Waals surface area contributed by atoms with E-state index in [1.54, 1.807) is 19.9 Å². The second-order valence-electron chi connectivity index (χ2n) is 7.19. The molecule has 1 N–H and O–H groups in total. The summed E-state index contributed by atoms with van der Waals surface area (Å²) >= 11 is 0. The molecule has 1 heterocycles. The summed E-state index contributed by atoms with van der Waals surface area (Å²) in [7, 11) is 0. The van der Waals surface area contributed by atoms with Gasteiger partial charge in [0.1, 0.15) is 11.3 Å². The van der Waals surface area contributed by atoms with Crippen molar-refractivity contribution in [2.24, 2.45) is 0 Å². The Morgan fingerprint density at radius 3 is 2.43 bits per heavy atom. The first-order valence-corrected chi connectivity index (χ1v) is 9.35. The first-order valence-electron chi connectivity index (χ1n) is 9.35. The topological polar surface area (TPSA) is 112 Å². The van der Waals surface area contributed by atoms with E-state index in [4.69, 9.17) is 9.15 Å². The minimum absolute atomic E-state index is 0.0492. The first kappa shape index (κ1) is 21.0. The van der Waals surface area contributed by atoms with Crippen LogP contribution in [0.1, 0.15) is 27.8 Å². The van der Waals surface area contributed by atoms with Crippen molar-refractivity contribution in [1.82, 2.24) is 0 Å². The number of rotatable bonds is 6. The summed E-state index contributed by atoms with van der Waals surface area (Å²) in [6, 6.07) is 6.78. The fourth-order valence-electron chi connectivity index (χ4n) is 3.16. The highest BCUT2D eigenvalue weighted by molar-refractivity contribution is 5.96. The number of nitro groups is 1. The molecule has 2 aromatic carbocycles. The second kappa shape index (κ2) is 8.36. The average molecular weight is 410 g/mol. The molecule has 0 aliphatic rings. The van der Waals surface area contributed by atoms with Gasteiger partial charge in [0.2, 0.25) is 0 Å². The minimum Gasteiger partial charge on any atom is -0.464 e. The predicted molar refractivity (Wildman–Crippen MR) is 112 cm³/mol. The standard InChI is InChI=1S/C22H22N2O6/c1-12-6-8-18(24(27)28)21(14(12)3)23-19(25)11-29-20(26)9-16-10-30-22-15(4)13(2)5-7-17(16)22/h5-8,10H,9,11H2,1-4H3,(H,23,25). The molecule has 0 radical (unpaired) electrons. The van der Waals surface area contributed by atoms with Crippen LogP contribution in [-0.2, 0) is 20.7 Å². The summed E-state index contributed by atoms with van der Waals surface area (Å²) in [5.41, 5.74) is 4.75. The molecular weight excluding hydrogens is 388 g/mol. The number of aryl methyl sites for hydroxylation is 3. The molecule has 0 fully saturated rings. The smallest absolute Gasteiger partial charge is 0.310 e. The minimum atomic E-state index is -0.649. The van der Waals surface area contributed by atoms with E-state index in [0.717, 1.165) is 27.7 Å². The van der Waals surface area contributed by atoms with Gasteiger partial charge in [0.25, 0.3) is 11.6 Å². The largest absolute Gasteiger partial charge is 0.464 e. The number of fused-ring (bicyclic) bond motifs is 1. The highest BCUT2D eigenvalue weighted by atomic mass is 16.6. The van der Waals surface area contributed by atoms with Crippen LogP contribution in [-0.4, -0.2) is 23.4 Å². The molecule has 8 heteroatoms. The SMILES string of the molecule is Cc1ccc([N+](=O)[O-])c(NC(=O)COC(=O)Cc2coc3c(C)c(C)ccc23)c1C. The lowest BCUT2D eigenvalue weighted by atomic mass is 10.0. The molecule has 0 aliphatic heterocycles. The third-order valence-electron chi connectivity index (χ3n) is 5.22.